The lowest BCUT2D eigenvalue weighted by Gasteiger charge is -1.99. The number of methoxy groups -OCH3 is 1. The minimum Gasteiger partial charge on any atom is -0.504 e. The third-order valence-corrected chi connectivity index (χ3v) is 2.94. The van der Waals surface area contributed by atoms with Gasteiger partial charge in [-0.3, -0.25) is 0 Å². The maximum atomic E-state index is 10.8. The first-order valence-corrected chi connectivity index (χ1v) is 5.80. The van der Waals surface area contributed by atoms with Gasteiger partial charge in [-0.1, -0.05) is 0 Å². The van der Waals surface area contributed by atoms with Crippen molar-refractivity contribution in [1.29, 1.82) is 0 Å². The highest BCUT2D eigenvalue weighted by Gasteiger charge is 2.10. The van der Waals surface area contributed by atoms with Crippen LogP contribution in [0.5, 0.6) is 0 Å². The van der Waals surface area contributed by atoms with E-state index < -0.39 is 5.97 Å². The number of pyridine rings is 1. The molecule has 0 spiro atoms. The van der Waals surface area contributed by atoms with Gasteiger partial charge in [0.05, 0.1) is 16.9 Å². The average Bonchev–Trinajstić information content (AvgIpc) is 2.71. The molecule has 2 aromatic rings. The first-order chi connectivity index (χ1) is 8.11. The van der Waals surface area contributed by atoms with E-state index in [2.05, 4.69) is 27.6 Å². The fraction of sp³-hybridized carbons (Fsp3) is 0.0909. The highest BCUT2D eigenvalue weighted by Crippen LogP contribution is 2.17. The molecule has 1 N–H and O–H groups in total. The minimum atomic E-state index is -1.03. The van der Waals surface area contributed by atoms with Gasteiger partial charge in [-0.15, -0.1) is 0 Å². The molecule has 0 saturated heterocycles. The fourth-order valence-electron chi connectivity index (χ4n) is 1.42. The number of hydrogen-bond donors (Lipinski definition) is 1. The molecule has 0 saturated carbocycles. The Kier molecular flexibility index (Phi) is 3.32. The van der Waals surface area contributed by atoms with Gasteiger partial charge in [-0.2, -0.15) is 0 Å². The molecular formula is C11H9IN2O3. The summed E-state index contributed by atoms with van der Waals surface area (Å²) in [6, 6.07) is 1.91. The lowest BCUT2D eigenvalue weighted by molar-refractivity contribution is 0.0691. The zero-order valence-electron chi connectivity index (χ0n) is 8.92. The Morgan fingerprint density at radius 1 is 1.59 bits per heavy atom. The second-order valence-electron chi connectivity index (χ2n) is 3.32. The van der Waals surface area contributed by atoms with Gasteiger partial charge in [0.15, 0.2) is 11.3 Å². The second-order valence-corrected chi connectivity index (χ2v) is 4.48. The third-order valence-electron chi connectivity index (χ3n) is 2.14. The summed E-state index contributed by atoms with van der Waals surface area (Å²) in [5.41, 5.74) is 1.59. The van der Waals surface area contributed by atoms with Crippen LogP contribution in [0.25, 0.3) is 11.7 Å². The summed E-state index contributed by atoms with van der Waals surface area (Å²) in [4.78, 5) is 14.9. The van der Waals surface area contributed by atoms with E-state index in [-0.39, 0.29) is 5.69 Å². The van der Waals surface area contributed by atoms with Crippen LogP contribution in [0, 0.1) is 3.57 Å². The van der Waals surface area contributed by atoms with Crippen molar-refractivity contribution in [2.45, 2.75) is 0 Å². The van der Waals surface area contributed by atoms with E-state index in [4.69, 9.17) is 9.84 Å². The summed E-state index contributed by atoms with van der Waals surface area (Å²) in [5, 5.41) is 8.88. The van der Waals surface area contributed by atoms with Crippen LogP contribution in [-0.4, -0.2) is 27.6 Å². The second kappa shape index (κ2) is 4.74. The van der Waals surface area contributed by atoms with E-state index in [0.717, 1.165) is 9.13 Å². The molecule has 0 aliphatic carbocycles. The van der Waals surface area contributed by atoms with Crippen molar-refractivity contribution >= 4 is 40.3 Å². The summed E-state index contributed by atoms with van der Waals surface area (Å²) < 4.78 is 7.42. The van der Waals surface area contributed by atoms with Gasteiger partial charge in [-0.25, -0.2) is 9.78 Å². The number of imidazole rings is 1. The van der Waals surface area contributed by atoms with Crippen molar-refractivity contribution in [2.75, 3.05) is 7.11 Å². The van der Waals surface area contributed by atoms with Crippen LogP contribution in [0.3, 0.4) is 0 Å². The number of halogens is 1. The van der Waals surface area contributed by atoms with Gasteiger partial charge >= 0.3 is 5.97 Å². The number of carboxylic acids is 1. The number of fused-ring (bicyclic) bond motifs is 1. The van der Waals surface area contributed by atoms with Crippen molar-refractivity contribution in [2.24, 2.45) is 0 Å². The Balaban J connectivity index is 2.56. The Morgan fingerprint density at radius 2 is 2.35 bits per heavy atom. The van der Waals surface area contributed by atoms with Crippen molar-refractivity contribution in [3.05, 3.63) is 39.5 Å². The van der Waals surface area contributed by atoms with Crippen LogP contribution in [0.15, 0.2) is 24.7 Å². The minimum absolute atomic E-state index is 0.0378. The normalized spacial score (nSPS) is 11.2. The molecule has 0 fully saturated rings. The molecule has 0 aromatic carbocycles. The van der Waals surface area contributed by atoms with Crippen molar-refractivity contribution < 1.29 is 14.6 Å². The third kappa shape index (κ3) is 2.41. The fourth-order valence-corrected chi connectivity index (χ4v) is 2.18. The van der Waals surface area contributed by atoms with Gasteiger partial charge in [0.25, 0.3) is 0 Å². The smallest absolute Gasteiger partial charge is 0.356 e. The van der Waals surface area contributed by atoms with Gasteiger partial charge in [0.1, 0.15) is 0 Å². The zero-order chi connectivity index (χ0) is 12.4. The topological polar surface area (TPSA) is 63.8 Å². The molecule has 5 nitrogen and oxygen atoms in total. The molecule has 2 rings (SSSR count). The molecule has 0 unspecified atom stereocenters. The monoisotopic (exact) mass is 344 g/mol. The molecule has 6 heteroatoms. The lowest BCUT2D eigenvalue weighted by Crippen LogP contribution is -1.95. The quantitative estimate of drug-likeness (QED) is 0.685. The van der Waals surface area contributed by atoms with Gasteiger partial charge in [0.2, 0.25) is 0 Å². The van der Waals surface area contributed by atoms with Crippen LogP contribution in [0.1, 0.15) is 16.1 Å². The summed E-state index contributed by atoms with van der Waals surface area (Å²) in [6.07, 6.45) is 6.64. The van der Waals surface area contributed by atoms with Gasteiger partial charge < -0.3 is 14.2 Å². The predicted octanol–water partition coefficient (Wildman–Crippen LogP) is 2.25. The molecule has 0 bridgehead atoms. The lowest BCUT2D eigenvalue weighted by atomic mass is 10.3. The standard InChI is InChI=1S/C11H9IN2O3/c1-17-3-2-7-4-8(12)10-13-9(11(15)16)6-14(10)5-7/h2-6H,1H3,(H,15,16)/b3-2+. The van der Waals surface area contributed by atoms with Crippen molar-refractivity contribution in [1.82, 2.24) is 9.38 Å². The van der Waals surface area contributed by atoms with E-state index in [1.54, 1.807) is 30.0 Å². The van der Waals surface area contributed by atoms with Crippen LogP contribution in [-0.2, 0) is 4.74 Å². The predicted molar refractivity (Wildman–Crippen MR) is 70.9 cm³/mol. The number of hydrogen-bond acceptors (Lipinski definition) is 3. The number of aromatic nitrogens is 2. The average molecular weight is 344 g/mol. The molecule has 2 heterocycles. The Hall–Kier alpha value is -1.57. The van der Waals surface area contributed by atoms with Crippen LogP contribution < -0.4 is 0 Å². The number of rotatable bonds is 3. The van der Waals surface area contributed by atoms with Crippen molar-refractivity contribution in [3.63, 3.8) is 0 Å². The Morgan fingerprint density at radius 3 is 3.00 bits per heavy atom. The summed E-state index contributed by atoms with van der Waals surface area (Å²) >= 11 is 2.12. The van der Waals surface area contributed by atoms with E-state index in [1.165, 1.54) is 6.20 Å². The summed E-state index contributed by atoms with van der Waals surface area (Å²) in [5.74, 6) is -1.03. The molecule has 0 aliphatic rings. The number of carboxylic acid groups (broad SMARTS) is 1. The van der Waals surface area contributed by atoms with Crippen LogP contribution in [0.2, 0.25) is 0 Å². The first-order valence-electron chi connectivity index (χ1n) is 4.72. The molecule has 0 aliphatic heterocycles. The SMILES string of the molecule is CO/C=C/c1cc(I)c2nc(C(=O)O)cn2c1. The zero-order valence-corrected chi connectivity index (χ0v) is 11.1. The highest BCUT2D eigenvalue weighted by molar-refractivity contribution is 14.1. The summed E-state index contributed by atoms with van der Waals surface area (Å²) in [7, 11) is 1.57. The first kappa shape index (κ1) is 11.9. The Labute approximate surface area is 111 Å². The molecule has 0 amide bonds. The van der Waals surface area contributed by atoms with E-state index in [9.17, 15) is 4.79 Å². The number of ether oxygens (including phenoxy) is 1. The van der Waals surface area contributed by atoms with Gasteiger partial charge in [-0.05, 0) is 40.3 Å². The van der Waals surface area contributed by atoms with Gasteiger partial charge in [0, 0.05) is 12.4 Å². The molecular weight excluding hydrogens is 335 g/mol. The number of nitrogens with zero attached hydrogens (tertiary/aromatic N) is 2. The highest BCUT2D eigenvalue weighted by atomic mass is 127. The van der Waals surface area contributed by atoms with E-state index in [0.29, 0.717) is 5.65 Å². The molecule has 0 radical (unpaired) electrons. The summed E-state index contributed by atoms with van der Waals surface area (Å²) in [6.45, 7) is 0. The molecule has 17 heavy (non-hydrogen) atoms. The van der Waals surface area contributed by atoms with Crippen LogP contribution >= 0.6 is 22.6 Å². The number of carbonyl (C=O) groups is 1. The number of aromatic carboxylic acids is 1. The van der Waals surface area contributed by atoms with E-state index in [1.807, 2.05) is 6.07 Å². The molecule has 2 aromatic heterocycles. The Bertz CT molecular complexity index is 604. The van der Waals surface area contributed by atoms with Crippen LogP contribution in [0.4, 0.5) is 0 Å². The maximum Gasteiger partial charge on any atom is 0.356 e. The van der Waals surface area contributed by atoms with Crippen molar-refractivity contribution in [3.8, 4) is 0 Å². The molecule has 88 valence electrons. The largest absolute Gasteiger partial charge is 0.504 e. The molecule has 0 atom stereocenters. The maximum absolute atomic E-state index is 10.8. The van der Waals surface area contributed by atoms with E-state index >= 15 is 0 Å².